The predicted molar refractivity (Wildman–Crippen MR) is 87.0 cm³/mol. The number of phenolic OH excluding ortho intramolecular Hbond substituents is 2. The lowest BCUT2D eigenvalue weighted by atomic mass is 10.2. The number of methoxy groups -OCH3 is 2. The Kier molecular flexibility index (Phi) is 5.09. The molecule has 0 radical (unpaired) electrons. The van der Waals surface area contributed by atoms with Gasteiger partial charge in [0.05, 0.1) is 14.2 Å². The minimum atomic E-state index is -0.343. The Labute approximate surface area is 133 Å². The maximum absolute atomic E-state index is 11.9. The van der Waals surface area contributed by atoms with Gasteiger partial charge in [-0.05, 0) is 35.9 Å². The molecule has 6 nitrogen and oxygen atoms in total. The maximum atomic E-state index is 11.9. The van der Waals surface area contributed by atoms with Crippen molar-refractivity contribution in [2.24, 2.45) is 0 Å². The third-order valence-electron chi connectivity index (χ3n) is 3.08. The van der Waals surface area contributed by atoms with Crippen molar-refractivity contribution in [3.63, 3.8) is 0 Å². The molecule has 0 heterocycles. The monoisotopic (exact) mass is 315 g/mol. The smallest absolute Gasteiger partial charge is 0.248 e. The quantitative estimate of drug-likeness (QED) is 0.583. The van der Waals surface area contributed by atoms with E-state index in [0.717, 1.165) is 0 Å². The molecular weight excluding hydrogens is 298 g/mol. The molecule has 120 valence electrons. The molecule has 0 unspecified atom stereocenters. The summed E-state index contributed by atoms with van der Waals surface area (Å²) in [6.07, 6.45) is 2.85. The van der Waals surface area contributed by atoms with Gasteiger partial charge in [0.2, 0.25) is 5.91 Å². The molecule has 1 amide bonds. The summed E-state index contributed by atoms with van der Waals surface area (Å²) < 4.78 is 10.3. The van der Waals surface area contributed by atoms with E-state index in [2.05, 4.69) is 5.32 Å². The Bertz CT molecular complexity index is 740. The molecule has 6 heteroatoms. The molecule has 0 saturated heterocycles. The number of hydrogen-bond acceptors (Lipinski definition) is 5. The molecule has 0 bridgehead atoms. The Morgan fingerprint density at radius 3 is 2.39 bits per heavy atom. The highest BCUT2D eigenvalue weighted by molar-refractivity contribution is 6.02. The first-order valence-corrected chi connectivity index (χ1v) is 6.76. The molecule has 0 aromatic heterocycles. The first kappa shape index (κ1) is 16.2. The van der Waals surface area contributed by atoms with E-state index in [9.17, 15) is 15.0 Å². The van der Waals surface area contributed by atoms with E-state index in [1.165, 1.54) is 38.5 Å². The fourth-order valence-corrected chi connectivity index (χ4v) is 1.91. The average Bonchev–Trinajstić information content (AvgIpc) is 2.55. The predicted octanol–water partition coefficient (Wildman–Crippen LogP) is 2.77. The third-order valence-corrected chi connectivity index (χ3v) is 3.08. The van der Waals surface area contributed by atoms with Crippen LogP contribution in [0.3, 0.4) is 0 Å². The normalized spacial score (nSPS) is 10.5. The van der Waals surface area contributed by atoms with E-state index in [1.807, 2.05) is 0 Å². The minimum absolute atomic E-state index is 0.211. The maximum Gasteiger partial charge on any atom is 0.248 e. The van der Waals surface area contributed by atoms with Crippen LogP contribution in [0.5, 0.6) is 23.0 Å². The number of aromatic hydroxyl groups is 2. The number of benzene rings is 2. The molecule has 2 aromatic carbocycles. The summed E-state index contributed by atoms with van der Waals surface area (Å²) in [5.74, 6) is 0.285. The van der Waals surface area contributed by atoms with Crippen molar-refractivity contribution in [1.82, 2.24) is 0 Å². The van der Waals surface area contributed by atoms with Gasteiger partial charge in [0.1, 0.15) is 0 Å². The molecule has 3 N–H and O–H groups in total. The van der Waals surface area contributed by atoms with Crippen LogP contribution in [0.1, 0.15) is 5.56 Å². The zero-order valence-corrected chi connectivity index (χ0v) is 12.7. The van der Waals surface area contributed by atoms with Gasteiger partial charge in [0, 0.05) is 17.8 Å². The van der Waals surface area contributed by atoms with E-state index in [1.54, 1.807) is 24.3 Å². The van der Waals surface area contributed by atoms with Gasteiger partial charge < -0.3 is 25.0 Å². The van der Waals surface area contributed by atoms with Gasteiger partial charge in [-0.25, -0.2) is 0 Å². The van der Waals surface area contributed by atoms with Gasteiger partial charge in [0.15, 0.2) is 23.0 Å². The molecule has 23 heavy (non-hydrogen) atoms. The Morgan fingerprint density at radius 1 is 1.00 bits per heavy atom. The van der Waals surface area contributed by atoms with Crippen LogP contribution in [-0.2, 0) is 4.79 Å². The van der Waals surface area contributed by atoms with Gasteiger partial charge in [-0.2, -0.15) is 0 Å². The second kappa shape index (κ2) is 7.22. The van der Waals surface area contributed by atoms with Crippen molar-refractivity contribution in [2.45, 2.75) is 0 Å². The van der Waals surface area contributed by atoms with Crippen molar-refractivity contribution in [3.8, 4) is 23.0 Å². The van der Waals surface area contributed by atoms with Gasteiger partial charge in [0.25, 0.3) is 0 Å². The van der Waals surface area contributed by atoms with Crippen molar-refractivity contribution in [2.75, 3.05) is 19.5 Å². The molecule has 0 fully saturated rings. The van der Waals surface area contributed by atoms with Crippen molar-refractivity contribution in [3.05, 3.63) is 48.0 Å². The molecule has 0 atom stereocenters. The lowest BCUT2D eigenvalue weighted by Gasteiger charge is -2.09. The second-order valence-corrected chi connectivity index (χ2v) is 4.64. The fraction of sp³-hybridized carbons (Fsp3) is 0.118. The second-order valence-electron chi connectivity index (χ2n) is 4.64. The number of phenols is 2. The van der Waals surface area contributed by atoms with Crippen LogP contribution in [0.2, 0.25) is 0 Å². The molecular formula is C17H17NO5. The summed E-state index contributed by atoms with van der Waals surface area (Å²) in [6.45, 7) is 0. The number of nitrogens with one attached hydrogen (secondary N) is 1. The number of amides is 1. The third kappa shape index (κ3) is 4.16. The van der Waals surface area contributed by atoms with Crippen LogP contribution >= 0.6 is 0 Å². The summed E-state index contributed by atoms with van der Waals surface area (Å²) in [5.41, 5.74) is 1.15. The highest BCUT2D eigenvalue weighted by Crippen LogP contribution is 2.29. The average molecular weight is 315 g/mol. The van der Waals surface area contributed by atoms with E-state index in [0.29, 0.717) is 22.7 Å². The van der Waals surface area contributed by atoms with Crippen LogP contribution < -0.4 is 14.8 Å². The van der Waals surface area contributed by atoms with Crippen LogP contribution in [0.15, 0.2) is 42.5 Å². The molecule has 0 aliphatic carbocycles. The lowest BCUT2D eigenvalue weighted by molar-refractivity contribution is -0.111. The number of ether oxygens (including phenoxy) is 2. The first-order chi connectivity index (χ1) is 11.0. The van der Waals surface area contributed by atoms with Gasteiger partial charge >= 0.3 is 0 Å². The molecule has 0 spiro atoms. The fourth-order valence-electron chi connectivity index (χ4n) is 1.91. The Hall–Kier alpha value is -3.15. The number of carbonyl (C=O) groups is 1. The van der Waals surface area contributed by atoms with E-state index < -0.39 is 0 Å². The van der Waals surface area contributed by atoms with Crippen molar-refractivity contribution < 1.29 is 24.5 Å². The van der Waals surface area contributed by atoms with Crippen LogP contribution in [0, 0.1) is 0 Å². The topological polar surface area (TPSA) is 88.0 Å². The number of anilines is 1. The molecule has 2 aromatic rings. The zero-order chi connectivity index (χ0) is 16.8. The first-order valence-electron chi connectivity index (χ1n) is 6.76. The van der Waals surface area contributed by atoms with Gasteiger partial charge in [-0.15, -0.1) is 0 Å². The summed E-state index contributed by atoms with van der Waals surface area (Å²) in [7, 11) is 3.05. The van der Waals surface area contributed by atoms with Gasteiger partial charge in [-0.1, -0.05) is 6.07 Å². The summed E-state index contributed by atoms with van der Waals surface area (Å²) in [5, 5.41) is 21.3. The summed E-state index contributed by atoms with van der Waals surface area (Å²) in [6, 6.07) is 9.32. The number of carbonyl (C=O) groups excluding carboxylic acids is 1. The van der Waals surface area contributed by atoms with Crippen molar-refractivity contribution in [1.29, 1.82) is 0 Å². The minimum Gasteiger partial charge on any atom is -0.504 e. The van der Waals surface area contributed by atoms with Crippen LogP contribution in [0.25, 0.3) is 6.08 Å². The van der Waals surface area contributed by atoms with Gasteiger partial charge in [-0.3, -0.25) is 4.79 Å². The van der Waals surface area contributed by atoms with E-state index >= 15 is 0 Å². The molecule has 2 rings (SSSR count). The molecule has 0 aliphatic heterocycles. The Balaban J connectivity index is 2.07. The van der Waals surface area contributed by atoms with E-state index in [4.69, 9.17) is 9.47 Å². The van der Waals surface area contributed by atoms with E-state index in [-0.39, 0.29) is 17.4 Å². The highest BCUT2D eigenvalue weighted by Gasteiger charge is 2.06. The molecule has 0 saturated carbocycles. The molecule has 0 aliphatic rings. The lowest BCUT2D eigenvalue weighted by Crippen LogP contribution is -2.07. The highest BCUT2D eigenvalue weighted by atomic mass is 16.5. The zero-order valence-electron chi connectivity index (χ0n) is 12.7. The van der Waals surface area contributed by atoms with Crippen molar-refractivity contribution >= 4 is 17.7 Å². The summed E-state index contributed by atoms with van der Waals surface area (Å²) >= 11 is 0. The SMILES string of the molecule is COc1ccc(NC(=O)C=Cc2ccc(O)c(O)c2)cc1OC. The largest absolute Gasteiger partial charge is 0.504 e. The summed E-state index contributed by atoms with van der Waals surface area (Å²) in [4.78, 5) is 11.9. The Morgan fingerprint density at radius 2 is 1.74 bits per heavy atom. The number of rotatable bonds is 5. The van der Waals surface area contributed by atoms with Crippen LogP contribution in [0.4, 0.5) is 5.69 Å². The van der Waals surface area contributed by atoms with Crippen LogP contribution in [-0.4, -0.2) is 30.3 Å². The number of hydrogen-bond donors (Lipinski definition) is 3. The standard InChI is InChI=1S/C17H17NO5/c1-22-15-7-5-12(10-16(15)23-2)18-17(21)8-4-11-3-6-13(19)14(20)9-11/h3-10,19-20H,1-2H3,(H,18,21).